The van der Waals surface area contributed by atoms with Gasteiger partial charge in [0.05, 0.1) is 0 Å². The number of benzene rings is 1. The van der Waals surface area contributed by atoms with Crippen LogP contribution in [-0.4, -0.2) is 28.9 Å². The third kappa shape index (κ3) is 3.19. The van der Waals surface area contributed by atoms with Gasteiger partial charge in [0.25, 0.3) is 0 Å². The van der Waals surface area contributed by atoms with Gasteiger partial charge in [-0.05, 0) is 31.4 Å². The Morgan fingerprint density at radius 1 is 1.14 bits per heavy atom. The Bertz CT molecular complexity index is 646. The molecule has 0 bridgehead atoms. The molecule has 0 radical (unpaired) electrons. The van der Waals surface area contributed by atoms with Crippen molar-refractivity contribution in [2.45, 2.75) is 32.6 Å². The maximum Gasteiger partial charge on any atom is 0.219 e. The lowest BCUT2D eigenvalue weighted by molar-refractivity contribution is -0.130. The first-order valence-corrected chi connectivity index (χ1v) is 7.92. The Labute approximate surface area is 132 Å². The number of rotatable bonds is 2. The molecule has 3 rings (SSSR count). The largest absolute Gasteiger partial charge is 0.342 e. The Morgan fingerprint density at radius 3 is 2.50 bits per heavy atom. The van der Waals surface area contributed by atoms with E-state index in [0.29, 0.717) is 5.92 Å². The van der Waals surface area contributed by atoms with Crippen molar-refractivity contribution < 1.29 is 4.79 Å². The molecule has 0 N–H and O–H groups in total. The summed E-state index contributed by atoms with van der Waals surface area (Å²) in [4.78, 5) is 18.1. The normalized spacial score (nSPS) is 18.3. The molecule has 3 heteroatoms. The van der Waals surface area contributed by atoms with Crippen LogP contribution in [0, 0.1) is 6.92 Å². The fraction of sp³-hybridized carbons (Fsp3) is 0.368. The fourth-order valence-corrected chi connectivity index (χ4v) is 3.07. The van der Waals surface area contributed by atoms with E-state index in [-0.39, 0.29) is 5.91 Å². The van der Waals surface area contributed by atoms with Crippen molar-refractivity contribution in [1.29, 1.82) is 0 Å². The number of hydrogen-bond donors (Lipinski definition) is 0. The highest BCUT2D eigenvalue weighted by Crippen LogP contribution is 2.27. The summed E-state index contributed by atoms with van der Waals surface area (Å²) in [5.41, 5.74) is 4.70. The van der Waals surface area contributed by atoms with Crippen LogP contribution in [-0.2, 0) is 4.79 Å². The Hall–Kier alpha value is -2.16. The number of carbonyl (C=O) groups is 1. The maximum absolute atomic E-state index is 11.5. The van der Waals surface area contributed by atoms with Gasteiger partial charge in [0.1, 0.15) is 0 Å². The average molecular weight is 294 g/mol. The van der Waals surface area contributed by atoms with E-state index >= 15 is 0 Å². The van der Waals surface area contributed by atoms with E-state index in [4.69, 9.17) is 0 Å². The van der Waals surface area contributed by atoms with Gasteiger partial charge in [-0.25, -0.2) is 0 Å². The molecule has 114 valence electrons. The third-order valence-electron chi connectivity index (χ3n) is 4.46. The van der Waals surface area contributed by atoms with E-state index in [2.05, 4.69) is 48.3 Å². The van der Waals surface area contributed by atoms with Crippen LogP contribution < -0.4 is 0 Å². The Morgan fingerprint density at radius 2 is 1.86 bits per heavy atom. The third-order valence-corrected chi connectivity index (χ3v) is 4.46. The number of pyridine rings is 1. The highest BCUT2D eigenvalue weighted by Gasteiger charge is 2.23. The summed E-state index contributed by atoms with van der Waals surface area (Å²) in [5.74, 6) is 0.533. The van der Waals surface area contributed by atoms with Crippen molar-refractivity contribution in [3.05, 3.63) is 53.9 Å². The van der Waals surface area contributed by atoms with Gasteiger partial charge in [-0.2, -0.15) is 0 Å². The van der Waals surface area contributed by atoms with Gasteiger partial charge in [-0.15, -0.1) is 0 Å². The molecule has 1 amide bonds. The molecule has 0 aliphatic carbocycles. The topological polar surface area (TPSA) is 33.2 Å². The van der Waals surface area contributed by atoms with E-state index in [1.807, 2.05) is 11.1 Å². The molecule has 1 aliphatic rings. The molecule has 22 heavy (non-hydrogen) atoms. The van der Waals surface area contributed by atoms with Gasteiger partial charge in [-0.3, -0.25) is 9.78 Å². The number of nitrogens with zero attached hydrogens (tertiary/aromatic N) is 2. The van der Waals surface area contributed by atoms with Crippen molar-refractivity contribution in [2.75, 3.05) is 13.1 Å². The molecule has 1 atom stereocenters. The molecule has 0 saturated carbocycles. The summed E-state index contributed by atoms with van der Waals surface area (Å²) < 4.78 is 0. The van der Waals surface area contributed by atoms with E-state index in [1.165, 1.54) is 11.1 Å². The van der Waals surface area contributed by atoms with Gasteiger partial charge in [-0.1, -0.05) is 35.9 Å². The van der Waals surface area contributed by atoms with Crippen LogP contribution in [0.5, 0.6) is 0 Å². The zero-order valence-corrected chi connectivity index (χ0v) is 13.2. The predicted octanol–water partition coefficient (Wildman–Crippen LogP) is 3.78. The molecule has 2 aromatic rings. The molecular formula is C19H22N2O. The number of piperidine rings is 1. The zero-order valence-electron chi connectivity index (χ0n) is 13.2. The van der Waals surface area contributed by atoms with Crippen LogP contribution in [0.1, 0.15) is 36.9 Å². The number of aromatic nitrogens is 1. The molecule has 1 aromatic carbocycles. The monoisotopic (exact) mass is 294 g/mol. The number of likely N-dealkylation sites (tertiary alicyclic amines) is 1. The first kappa shape index (κ1) is 14.8. The maximum atomic E-state index is 11.5. The average Bonchev–Trinajstić information content (AvgIpc) is 2.56. The Kier molecular flexibility index (Phi) is 4.23. The summed E-state index contributed by atoms with van der Waals surface area (Å²) in [5, 5.41) is 0. The quantitative estimate of drug-likeness (QED) is 0.844. The summed E-state index contributed by atoms with van der Waals surface area (Å²) in [6.07, 6.45) is 4.12. The van der Waals surface area contributed by atoms with E-state index < -0.39 is 0 Å². The van der Waals surface area contributed by atoms with Gasteiger partial charge in [0, 0.05) is 43.4 Å². The van der Waals surface area contributed by atoms with Crippen LogP contribution >= 0.6 is 0 Å². The molecule has 1 saturated heterocycles. The number of carbonyl (C=O) groups excluding carboxylic acids is 1. The van der Waals surface area contributed by atoms with Gasteiger partial charge >= 0.3 is 0 Å². The Balaban J connectivity index is 1.76. The lowest BCUT2D eigenvalue weighted by Crippen LogP contribution is -2.37. The fourth-order valence-electron chi connectivity index (χ4n) is 3.07. The number of aryl methyl sites for hydroxylation is 1. The molecule has 1 aliphatic heterocycles. The SMILES string of the molecule is CC(=O)N1CCC[C@@H](c2ccc(-c3ccc(C)cc3)cn2)C1. The van der Waals surface area contributed by atoms with Crippen molar-refractivity contribution in [1.82, 2.24) is 9.88 Å². The first-order valence-electron chi connectivity index (χ1n) is 7.92. The number of amides is 1. The molecule has 2 heterocycles. The van der Waals surface area contributed by atoms with Crippen LogP contribution in [0.2, 0.25) is 0 Å². The van der Waals surface area contributed by atoms with Crippen molar-refractivity contribution in [3.8, 4) is 11.1 Å². The lowest BCUT2D eigenvalue weighted by Gasteiger charge is -2.31. The van der Waals surface area contributed by atoms with Gasteiger partial charge < -0.3 is 4.90 Å². The lowest BCUT2D eigenvalue weighted by atomic mass is 9.93. The predicted molar refractivity (Wildman–Crippen MR) is 88.6 cm³/mol. The molecule has 0 spiro atoms. The smallest absolute Gasteiger partial charge is 0.219 e. The van der Waals surface area contributed by atoms with Crippen molar-refractivity contribution in [3.63, 3.8) is 0 Å². The van der Waals surface area contributed by atoms with Gasteiger partial charge in [0.15, 0.2) is 0 Å². The molecule has 3 nitrogen and oxygen atoms in total. The summed E-state index contributed by atoms with van der Waals surface area (Å²) in [7, 11) is 0. The van der Waals surface area contributed by atoms with E-state index in [1.54, 1.807) is 6.92 Å². The second-order valence-corrected chi connectivity index (χ2v) is 6.14. The second-order valence-electron chi connectivity index (χ2n) is 6.14. The molecule has 1 fully saturated rings. The summed E-state index contributed by atoms with van der Waals surface area (Å²) >= 11 is 0. The highest BCUT2D eigenvalue weighted by atomic mass is 16.2. The van der Waals surface area contributed by atoms with Crippen LogP contribution in [0.3, 0.4) is 0 Å². The summed E-state index contributed by atoms with van der Waals surface area (Å²) in [6, 6.07) is 12.8. The van der Waals surface area contributed by atoms with E-state index in [9.17, 15) is 4.79 Å². The second kappa shape index (κ2) is 6.30. The van der Waals surface area contributed by atoms with E-state index in [0.717, 1.165) is 37.2 Å². The first-order chi connectivity index (χ1) is 10.6. The molecule has 0 unspecified atom stereocenters. The van der Waals surface area contributed by atoms with Gasteiger partial charge in [0.2, 0.25) is 5.91 Å². The minimum atomic E-state index is 0.168. The highest BCUT2D eigenvalue weighted by molar-refractivity contribution is 5.73. The van der Waals surface area contributed by atoms with Crippen LogP contribution in [0.4, 0.5) is 0 Å². The molecule has 1 aromatic heterocycles. The zero-order chi connectivity index (χ0) is 15.5. The number of hydrogen-bond acceptors (Lipinski definition) is 2. The molecular weight excluding hydrogens is 272 g/mol. The summed E-state index contributed by atoms with van der Waals surface area (Å²) in [6.45, 7) is 5.42. The van der Waals surface area contributed by atoms with Crippen LogP contribution in [0.15, 0.2) is 42.6 Å². The van der Waals surface area contributed by atoms with Crippen molar-refractivity contribution in [2.24, 2.45) is 0 Å². The van der Waals surface area contributed by atoms with Crippen molar-refractivity contribution >= 4 is 5.91 Å². The minimum Gasteiger partial charge on any atom is -0.342 e. The standard InChI is InChI=1S/C19H22N2O/c1-14-5-7-16(8-6-14)17-9-10-19(20-12-17)18-4-3-11-21(13-18)15(2)22/h5-10,12,18H,3-4,11,13H2,1-2H3/t18-/m1/s1. The van der Waals surface area contributed by atoms with Crippen LogP contribution in [0.25, 0.3) is 11.1 Å². The minimum absolute atomic E-state index is 0.168.